The van der Waals surface area contributed by atoms with Gasteiger partial charge in [0.1, 0.15) is 0 Å². The lowest BCUT2D eigenvalue weighted by molar-refractivity contribution is -0.138. The molecule has 6 heteroatoms. The second kappa shape index (κ2) is 9.53. The summed E-state index contributed by atoms with van der Waals surface area (Å²) in [7, 11) is 0. The Morgan fingerprint density at radius 2 is 1.78 bits per heavy atom. The van der Waals surface area contributed by atoms with Gasteiger partial charge in [0.2, 0.25) is 17.7 Å². The second-order valence-corrected chi connectivity index (χ2v) is 7.44. The molecule has 0 aliphatic carbocycles. The van der Waals surface area contributed by atoms with Crippen LogP contribution in [0, 0.1) is 5.92 Å². The minimum absolute atomic E-state index is 0.0400. The molecule has 2 aliphatic rings. The smallest absolute Gasteiger partial charge is 0.224 e. The molecule has 2 saturated heterocycles. The number of carbonyl (C=O) groups is 3. The van der Waals surface area contributed by atoms with Crippen LogP contribution >= 0.6 is 0 Å². The molecule has 0 radical (unpaired) electrons. The first-order chi connectivity index (χ1) is 13.1. The summed E-state index contributed by atoms with van der Waals surface area (Å²) in [5, 5.41) is 3.01. The average Bonchev–Trinajstić information content (AvgIpc) is 3.09. The van der Waals surface area contributed by atoms with Crippen molar-refractivity contribution >= 4 is 17.7 Å². The van der Waals surface area contributed by atoms with Crippen molar-refractivity contribution in [3.63, 3.8) is 0 Å². The van der Waals surface area contributed by atoms with Gasteiger partial charge in [0.25, 0.3) is 0 Å². The van der Waals surface area contributed by atoms with Crippen LogP contribution in [0.25, 0.3) is 0 Å². The summed E-state index contributed by atoms with van der Waals surface area (Å²) in [4.78, 5) is 40.0. The van der Waals surface area contributed by atoms with Crippen molar-refractivity contribution < 1.29 is 14.4 Å². The summed E-state index contributed by atoms with van der Waals surface area (Å²) in [6, 6.07) is 10.1. The fourth-order valence-electron chi connectivity index (χ4n) is 3.86. The molecule has 0 aromatic heterocycles. The Kier molecular flexibility index (Phi) is 6.85. The van der Waals surface area contributed by atoms with Crippen LogP contribution in [0.15, 0.2) is 30.3 Å². The minimum atomic E-state index is -0.133. The van der Waals surface area contributed by atoms with Crippen LogP contribution < -0.4 is 5.32 Å². The van der Waals surface area contributed by atoms with Gasteiger partial charge in [-0.1, -0.05) is 30.3 Å². The highest BCUT2D eigenvalue weighted by molar-refractivity contribution is 5.83. The molecule has 3 amide bonds. The molecule has 1 N–H and O–H groups in total. The van der Waals surface area contributed by atoms with Gasteiger partial charge < -0.3 is 15.1 Å². The lowest BCUT2D eigenvalue weighted by Crippen LogP contribution is -2.46. The van der Waals surface area contributed by atoms with Crippen LogP contribution in [0.4, 0.5) is 0 Å². The Balaban J connectivity index is 1.39. The molecule has 1 aromatic carbocycles. The highest BCUT2D eigenvalue weighted by atomic mass is 16.2. The molecular weight excluding hydrogens is 342 g/mol. The van der Waals surface area contributed by atoms with Crippen molar-refractivity contribution in [3.05, 3.63) is 35.9 Å². The number of nitrogens with zero attached hydrogens (tertiary/aromatic N) is 2. The number of likely N-dealkylation sites (tertiary alicyclic amines) is 2. The normalized spacial score (nSPS) is 20.2. The van der Waals surface area contributed by atoms with E-state index in [0.29, 0.717) is 45.4 Å². The van der Waals surface area contributed by atoms with Gasteiger partial charge in [-0.15, -0.1) is 0 Å². The first kappa shape index (κ1) is 19.4. The predicted octanol–water partition coefficient (Wildman–Crippen LogP) is 1.60. The van der Waals surface area contributed by atoms with Gasteiger partial charge in [0, 0.05) is 45.6 Å². The lowest BCUT2D eigenvalue weighted by Gasteiger charge is -2.32. The summed E-state index contributed by atoms with van der Waals surface area (Å²) in [6.07, 6.45) is 4.22. The van der Waals surface area contributed by atoms with Gasteiger partial charge >= 0.3 is 0 Å². The Morgan fingerprint density at radius 1 is 1.04 bits per heavy atom. The fraction of sp³-hybridized carbons (Fsp3) is 0.571. The molecule has 0 saturated carbocycles. The van der Waals surface area contributed by atoms with Gasteiger partial charge in [-0.25, -0.2) is 0 Å². The van der Waals surface area contributed by atoms with Gasteiger partial charge in [-0.3, -0.25) is 14.4 Å². The summed E-state index contributed by atoms with van der Waals surface area (Å²) < 4.78 is 0. The van der Waals surface area contributed by atoms with Crippen molar-refractivity contribution in [1.82, 2.24) is 15.1 Å². The van der Waals surface area contributed by atoms with E-state index in [1.54, 1.807) is 4.90 Å². The number of hydrogen-bond acceptors (Lipinski definition) is 3. The molecule has 27 heavy (non-hydrogen) atoms. The average molecular weight is 371 g/mol. The third-order valence-corrected chi connectivity index (χ3v) is 5.45. The maximum absolute atomic E-state index is 12.5. The van der Waals surface area contributed by atoms with Gasteiger partial charge in [-0.05, 0) is 31.2 Å². The maximum Gasteiger partial charge on any atom is 0.224 e. The number of rotatable bonds is 8. The topological polar surface area (TPSA) is 69.7 Å². The van der Waals surface area contributed by atoms with Crippen LogP contribution in [0.5, 0.6) is 0 Å². The van der Waals surface area contributed by atoms with Gasteiger partial charge in [0.15, 0.2) is 0 Å². The zero-order valence-corrected chi connectivity index (χ0v) is 15.9. The molecule has 2 heterocycles. The maximum atomic E-state index is 12.5. The molecule has 6 nitrogen and oxygen atoms in total. The third-order valence-electron chi connectivity index (χ3n) is 5.45. The van der Waals surface area contributed by atoms with E-state index >= 15 is 0 Å². The first-order valence-electron chi connectivity index (χ1n) is 10.0. The van der Waals surface area contributed by atoms with E-state index in [1.807, 2.05) is 23.1 Å². The molecular formula is C21H29N3O3. The summed E-state index contributed by atoms with van der Waals surface area (Å²) in [5.41, 5.74) is 1.20. The minimum Gasteiger partial charge on any atom is -0.355 e. The van der Waals surface area contributed by atoms with Crippen LogP contribution in [-0.2, 0) is 20.8 Å². The molecule has 2 aliphatic heterocycles. The Hall–Kier alpha value is -2.37. The van der Waals surface area contributed by atoms with E-state index in [-0.39, 0.29) is 23.6 Å². The largest absolute Gasteiger partial charge is 0.355 e. The number of hydrogen-bond donors (Lipinski definition) is 1. The Morgan fingerprint density at radius 3 is 2.52 bits per heavy atom. The molecule has 3 rings (SSSR count). The van der Waals surface area contributed by atoms with Gasteiger partial charge in [0.05, 0.1) is 5.92 Å². The fourth-order valence-corrected chi connectivity index (χ4v) is 3.86. The van der Waals surface area contributed by atoms with E-state index in [2.05, 4.69) is 17.4 Å². The molecule has 2 fully saturated rings. The SMILES string of the molecule is O=C(NCCc1ccccc1)[C@@H]1CCC(=O)N(CCCN2CCCC2=O)C1. The number of benzene rings is 1. The molecule has 1 atom stereocenters. The highest BCUT2D eigenvalue weighted by Crippen LogP contribution is 2.18. The van der Waals surface area contributed by atoms with E-state index in [1.165, 1.54) is 5.56 Å². The number of amides is 3. The van der Waals surface area contributed by atoms with Crippen molar-refractivity contribution in [3.8, 4) is 0 Å². The second-order valence-electron chi connectivity index (χ2n) is 7.44. The predicted molar refractivity (Wildman–Crippen MR) is 103 cm³/mol. The monoisotopic (exact) mass is 371 g/mol. The van der Waals surface area contributed by atoms with Crippen LogP contribution in [0.2, 0.25) is 0 Å². The number of carbonyl (C=O) groups excluding carboxylic acids is 3. The Bertz CT molecular complexity index is 662. The molecule has 0 unspecified atom stereocenters. The summed E-state index contributed by atoms with van der Waals surface area (Å²) in [6.45, 7) is 3.26. The van der Waals surface area contributed by atoms with E-state index in [4.69, 9.17) is 0 Å². The number of piperidine rings is 1. The Labute approximate surface area is 160 Å². The zero-order chi connectivity index (χ0) is 19.1. The van der Waals surface area contributed by atoms with E-state index < -0.39 is 0 Å². The third kappa shape index (κ3) is 5.55. The lowest BCUT2D eigenvalue weighted by atomic mass is 9.96. The van der Waals surface area contributed by atoms with Crippen molar-refractivity contribution in [1.29, 1.82) is 0 Å². The van der Waals surface area contributed by atoms with Crippen LogP contribution in [-0.4, -0.2) is 60.2 Å². The molecule has 146 valence electrons. The standard InChI is InChI=1S/C21H29N3O3/c25-19-8-4-13-23(19)14-5-15-24-16-18(9-10-20(24)26)21(27)22-12-11-17-6-2-1-3-7-17/h1-3,6-7,18H,4-5,8-16H2,(H,22,27)/t18-/m1/s1. The molecule has 0 bridgehead atoms. The summed E-state index contributed by atoms with van der Waals surface area (Å²) in [5.74, 6) is 0.247. The summed E-state index contributed by atoms with van der Waals surface area (Å²) >= 11 is 0. The molecule has 1 aromatic rings. The quantitative estimate of drug-likeness (QED) is 0.755. The van der Waals surface area contributed by atoms with Crippen molar-refractivity contribution in [2.75, 3.05) is 32.7 Å². The molecule has 0 spiro atoms. The highest BCUT2D eigenvalue weighted by Gasteiger charge is 2.30. The van der Waals surface area contributed by atoms with E-state index in [0.717, 1.165) is 25.8 Å². The van der Waals surface area contributed by atoms with Crippen molar-refractivity contribution in [2.45, 2.75) is 38.5 Å². The van der Waals surface area contributed by atoms with Gasteiger partial charge in [-0.2, -0.15) is 0 Å². The van der Waals surface area contributed by atoms with Crippen LogP contribution in [0.3, 0.4) is 0 Å². The van der Waals surface area contributed by atoms with Crippen molar-refractivity contribution in [2.24, 2.45) is 5.92 Å². The zero-order valence-electron chi connectivity index (χ0n) is 15.9. The first-order valence-corrected chi connectivity index (χ1v) is 10.0. The van der Waals surface area contributed by atoms with E-state index in [9.17, 15) is 14.4 Å². The van der Waals surface area contributed by atoms with Crippen LogP contribution in [0.1, 0.15) is 37.7 Å². The number of nitrogens with one attached hydrogen (secondary N) is 1.